The zero-order chi connectivity index (χ0) is 21.8. The van der Waals surface area contributed by atoms with E-state index in [0.717, 1.165) is 24.2 Å². The van der Waals surface area contributed by atoms with Gasteiger partial charge in [-0.3, -0.25) is 4.90 Å². The van der Waals surface area contributed by atoms with E-state index in [1.54, 1.807) is 11.0 Å². The van der Waals surface area contributed by atoms with Gasteiger partial charge in [0.25, 0.3) is 0 Å². The number of piperazine rings is 1. The Hall–Kier alpha value is -1.79. The van der Waals surface area contributed by atoms with Crippen LogP contribution < -0.4 is 5.46 Å². The summed E-state index contributed by atoms with van der Waals surface area (Å²) in [6.45, 7) is 15.5. The third kappa shape index (κ3) is 8.23. The maximum atomic E-state index is 12.2. The number of benzene rings is 1. The van der Waals surface area contributed by atoms with Gasteiger partial charge in [-0.1, -0.05) is 31.6 Å². The van der Waals surface area contributed by atoms with E-state index in [-0.39, 0.29) is 6.09 Å². The fraction of sp³-hybridized carbons (Fsp3) is 0.571. The van der Waals surface area contributed by atoms with Crippen LogP contribution in [0, 0.1) is 11.5 Å². The zero-order valence-corrected chi connectivity index (χ0v) is 19.5. The van der Waals surface area contributed by atoms with Gasteiger partial charge in [0, 0.05) is 38.3 Å². The Morgan fingerprint density at radius 1 is 1.14 bits per heavy atom. The lowest BCUT2D eigenvalue weighted by atomic mass is 9.78. The summed E-state index contributed by atoms with van der Waals surface area (Å²) >= 11 is 0. The second-order valence-electron chi connectivity index (χ2n) is 9.58. The Labute approximate surface area is 176 Å². The van der Waals surface area contributed by atoms with E-state index in [1.807, 2.05) is 32.9 Å². The van der Waals surface area contributed by atoms with Gasteiger partial charge in [-0.25, -0.2) is 4.79 Å². The fourth-order valence-electron chi connectivity index (χ4n) is 2.96. The van der Waals surface area contributed by atoms with Crippen molar-refractivity contribution in [2.24, 2.45) is 0 Å². The van der Waals surface area contributed by atoms with Crippen LogP contribution in [0.25, 0.3) is 0 Å². The van der Waals surface area contributed by atoms with Gasteiger partial charge in [0.2, 0.25) is 0 Å². The number of hydrogen-bond acceptors (Lipinski definition) is 5. The molecule has 1 saturated heterocycles. The summed E-state index contributed by atoms with van der Waals surface area (Å²) in [5, 5.41) is 19.3. The summed E-state index contributed by atoms with van der Waals surface area (Å²) in [6, 6.07) is 5.56. The molecule has 8 heteroatoms. The van der Waals surface area contributed by atoms with Crippen molar-refractivity contribution in [3.63, 3.8) is 0 Å². The Morgan fingerprint density at radius 2 is 1.76 bits per heavy atom. The largest absolute Gasteiger partial charge is 0.488 e. The summed E-state index contributed by atoms with van der Waals surface area (Å²) in [6.07, 6.45) is -0.272. The molecule has 0 aliphatic carbocycles. The lowest BCUT2D eigenvalue weighted by Gasteiger charge is -2.35. The fourth-order valence-corrected chi connectivity index (χ4v) is 3.48. The number of carbonyl (C=O) groups is 1. The van der Waals surface area contributed by atoms with Crippen molar-refractivity contribution in [3.05, 3.63) is 29.3 Å². The van der Waals surface area contributed by atoms with Crippen molar-refractivity contribution >= 4 is 26.7 Å². The lowest BCUT2D eigenvalue weighted by Crippen LogP contribution is -2.49. The highest BCUT2D eigenvalue weighted by molar-refractivity contribution is 6.83. The van der Waals surface area contributed by atoms with Crippen LogP contribution in [0.1, 0.15) is 31.9 Å². The van der Waals surface area contributed by atoms with Crippen LogP contribution in [0.3, 0.4) is 0 Å². The molecular formula is C21H33BN2O4Si. The molecule has 0 bridgehead atoms. The first-order valence-electron chi connectivity index (χ1n) is 10.1. The Bertz CT molecular complexity index is 783. The van der Waals surface area contributed by atoms with E-state index in [9.17, 15) is 14.8 Å². The minimum Gasteiger partial charge on any atom is -0.444 e. The van der Waals surface area contributed by atoms with Crippen LogP contribution >= 0.6 is 0 Å². The van der Waals surface area contributed by atoms with Crippen molar-refractivity contribution < 1.29 is 19.6 Å². The second kappa shape index (κ2) is 9.35. The van der Waals surface area contributed by atoms with Gasteiger partial charge in [-0.2, -0.15) is 0 Å². The molecule has 2 rings (SSSR count). The molecule has 0 unspecified atom stereocenters. The standard InChI is InChI=1S/C21H33BN2O4Si/c1-21(2,3)28-20(25)24-10-8-23(9-11-24)16-18-13-17(7-12-29(4,5)6)14-19(15-18)22(26)27/h13-15,26-27H,8-11,16H2,1-6H3. The summed E-state index contributed by atoms with van der Waals surface area (Å²) in [7, 11) is -3.05. The second-order valence-corrected chi connectivity index (χ2v) is 14.3. The molecule has 1 aliphatic heterocycles. The average Bonchev–Trinajstić information content (AvgIpc) is 2.58. The molecule has 0 atom stereocenters. The minimum absolute atomic E-state index is 0.272. The van der Waals surface area contributed by atoms with Gasteiger partial charge in [0.15, 0.2) is 0 Å². The lowest BCUT2D eigenvalue weighted by molar-refractivity contribution is 0.0139. The highest BCUT2D eigenvalue weighted by atomic mass is 28.3. The van der Waals surface area contributed by atoms with Gasteiger partial charge >= 0.3 is 13.2 Å². The predicted molar refractivity (Wildman–Crippen MR) is 120 cm³/mol. The van der Waals surface area contributed by atoms with Gasteiger partial charge in [-0.15, -0.1) is 5.54 Å². The molecule has 0 spiro atoms. The smallest absolute Gasteiger partial charge is 0.444 e. The highest BCUT2D eigenvalue weighted by Crippen LogP contribution is 2.14. The molecule has 0 saturated carbocycles. The van der Waals surface area contributed by atoms with Crippen molar-refractivity contribution in [2.75, 3.05) is 26.2 Å². The summed E-state index contributed by atoms with van der Waals surface area (Å²) in [5.74, 6) is 3.20. The van der Waals surface area contributed by atoms with Crippen molar-refractivity contribution in [3.8, 4) is 11.5 Å². The molecular weight excluding hydrogens is 383 g/mol. The molecule has 158 valence electrons. The predicted octanol–water partition coefficient (Wildman–Crippen LogP) is 1.65. The molecule has 1 amide bonds. The monoisotopic (exact) mass is 416 g/mol. The van der Waals surface area contributed by atoms with Crippen LogP contribution in [-0.2, 0) is 11.3 Å². The maximum Gasteiger partial charge on any atom is 0.488 e. The first-order chi connectivity index (χ1) is 13.3. The summed E-state index contributed by atoms with van der Waals surface area (Å²) in [5.41, 5.74) is 5.08. The SMILES string of the molecule is CC(C)(C)OC(=O)N1CCN(Cc2cc(C#C[Si](C)(C)C)cc(B(O)O)c2)CC1. The topological polar surface area (TPSA) is 73.2 Å². The van der Waals surface area contributed by atoms with Gasteiger partial charge in [0.1, 0.15) is 13.7 Å². The summed E-state index contributed by atoms with van der Waals surface area (Å²) in [4.78, 5) is 16.2. The number of amides is 1. The van der Waals surface area contributed by atoms with E-state index in [2.05, 4.69) is 36.0 Å². The molecule has 1 aromatic rings. The third-order valence-corrected chi connectivity index (χ3v) is 5.20. The summed E-state index contributed by atoms with van der Waals surface area (Å²) < 4.78 is 5.44. The van der Waals surface area contributed by atoms with E-state index < -0.39 is 20.8 Å². The number of ether oxygens (including phenoxy) is 1. The molecule has 0 radical (unpaired) electrons. The number of nitrogens with zero attached hydrogens (tertiary/aromatic N) is 2. The highest BCUT2D eigenvalue weighted by Gasteiger charge is 2.26. The Balaban J connectivity index is 2.05. The van der Waals surface area contributed by atoms with Crippen molar-refractivity contribution in [2.45, 2.75) is 52.6 Å². The van der Waals surface area contributed by atoms with E-state index in [4.69, 9.17) is 4.74 Å². The Kier molecular flexibility index (Phi) is 7.57. The molecule has 1 aliphatic rings. The number of carbonyl (C=O) groups excluding carboxylic acids is 1. The van der Waals surface area contributed by atoms with Crippen LogP contribution in [-0.4, -0.2) is 72.9 Å². The van der Waals surface area contributed by atoms with Crippen LogP contribution in [0.15, 0.2) is 18.2 Å². The minimum atomic E-state index is -1.53. The quantitative estimate of drug-likeness (QED) is 0.579. The van der Waals surface area contributed by atoms with E-state index >= 15 is 0 Å². The normalized spacial score (nSPS) is 15.5. The van der Waals surface area contributed by atoms with Gasteiger partial charge < -0.3 is 19.7 Å². The maximum absolute atomic E-state index is 12.2. The van der Waals surface area contributed by atoms with Crippen molar-refractivity contribution in [1.82, 2.24) is 9.80 Å². The molecule has 29 heavy (non-hydrogen) atoms. The van der Waals surface area contributed by atoms with Crippen LogP contribution in [0.2, 0.25) is 19.6 Å². The third-order valence-electron chi connectivity index (χ3n) is 4.33. The number of hydrogen-bond donors (Lipinski definition) is 2. The van der Waals surface area contributed by atoms with E-state index in [1.165, 1.54) is 0 Å². The molecule has 6 nitrogen and oxygen atoms in total. The zero-order valence-electron chi connectivity index (χ0n) is 18.5. The van der Waals surface area contributed by atoms with Crippen LogP contribution in [0.5, 0.6) is 0 Å². The Morgan fingerprint density at radius 3 is 2.28 bits per heavy atom. The first-order valence-corrected chi connectivity index (χ1v) is 13.6. The number of rotatable bonds is 3. The first kappa shape index (κ1) is 23.5. The van der Waals surface area contributed by atoms with E-state index in [0.29, 0.717) is 25.1 Å². The van der Waals surface area contributed by atoms with Gasteiger partial charge in [-0.05, 0) is 43.9 Å². The van der Waals surface area contributed by atoms with Crippen LogP contribution in [0.4, 0.5) is 4.79 Å². The molecule has 1 heterocycles. The average molecular weight is 416 g/mol. The molecule has 2 N–H and O–H groups in total. The van der Waals surface area contributed by atoms with Gasteiger partial charge in [0.05, 0.1) is 0 Å². The molecule has 1 aromatic carbocycles. The molecule has 0 aromatic heterocycles. The molecule has 1 fully saturated rings. The van der Waals surface area contributed by atoms with Crippen molar-refractivity contribution in [1.29, 1.82) is 0 Å².